The first kappa shape index (κ1) is 56.2. The Morgan fingerprint density at radius 1 is 0.771 bits per heavy atom. The van der Waals surface area contributed by atoms with Crippen LogP contribution in [0.5, 0.6) is 5.75 Å². The maximum atomic E-state index is 16.2. The van der Waals surface area contributed by atoms with Crippen LogP contribution < -0.4 is 20.7 Å². The number of hydrogen-bond acceptors (Lipinski definition) is 16. The van der Waals surface area contributed by atoms with E-state index in [1.165, 1.54) is 44.4 Å². The summed E-state index contributed by atoms with van der Waals surface area (Å²) in [6.07, 6.45) is -2.01. The van der Waals surface area contributed by atoms with E-state index < -0.39 is 59.5 Å². The minimum atomic E-state index is -1.47. The van der Waals surface area contributed by atoms with Gasteiger partial charge in [0.1, 0.15) is 23.6 Å². The highest BCUT2D eigenvalue weighted by Gasteiger charge is 2.66. The van der Waals surface area contributed by atoms with Crippen molar-refractivity contribution in [1.82, 2.24) is 5.32 Å². The summed E-state index contributed by atoms with van der Waals surface area (Å²) in [5.41, 5.74) is -0.560. The van der Waals surface area contributed by atoms with Gasteiger partial charge in [0.25, 0.3) is 0 Å². The monoisotopic (exact) mass is 1020 g/mol. The fraction of sp³-hybridized carbons (Fsp3) is 0.551. The lowest BCUT2D eigenvalue weighted by Crippen LogP contribution is -2.49. The third kappa shape index (κ3) is 15.7. The Morgan fingerprint density at radius 2 is 1.36 bits per heavy atom. The number of amides is 2. The Bertz CT molecular complexity index is 2200. The molecular formula is C49H64Cl2FN3O15. The van der Waals surface area contributed by atoms with Crippen LogP contribution in [0.4, 0.5) is 20.6 Å². The normalized spacial score (nSPS) is 18.9. The van der Waals surface area contributed by atoms with Crippen LogP contribution in [-0.4, -0.2) is 149 Å². The molecule has 386 valence electrons. The first-order valence-corrected chi connectivity index (χ1v) is 23.7. The standard InChI is InChI=1S/C49H64Cl2FN3O15/c1-31(70-47(59)68-27-26-67-25-24-66-23-22-65-21-20-64-19-18-63-17-16-62-15-14-60-5)69-45(57)32-10-13-37(39(28-32)61-6)53-44(56)43-41(34-8-7-9-36(51)42(34)52)49(40(55-43)30-48(2,3)4)35-12-11-33(50)29-38(35)54-46(49)58/h7-13,28-29,31,40-41,43,55H,14-27,30H2,1-6H3,(H,53,56)(H,54,58)/t31-,40+,41+,43-,49-/m1/s1. The number of fused-ring (bicyclic) bond motifs is 2. The minimum absolute atomic E-state index is 0.00323. The van der Waals surface area contributed by atoms with Gasteiger partial charge in [-0.3, -0.25) is 9.59 Å². The molecule has 1 fully saturated rings. The molecule has 0 aliphatic carbocycles. The molecule has 21 heteroatoms. The second-order valence-electron chi connectivity index (χ2n) is 17.4. The predicted octanol–water partition coefficient (Wildman–Crippen LogP) is 6.93. The maximum Gasteiger partial charge on any atom is 0.511 e. The Balaban J connectivity index is 1.06. The third-order valence-corrected chi connectivity index (χ3v) is 11.7. The fourth-order valence-electron chi connectivity index (χ4n) is 8.22. The summed E-state index contributed by atoms with van der Waals surface area (Å²) < 4.78 is 74.6. The molecule has 1 saturated heterocycles. The van der Waals surface area contributed by atoms with Gasteiger partial charge in [0.05, 0.1) is 115 Å². The van der Waals surface area contributed by atoms with E-state index >= 15 is 4.39 Å². The van der Waals surface area contributed by atoms with Gasteiger partial charge in [-0.2, -0.15) is 0 Å². The molecule has 0 saturated carbocycles. The van der Waals surface area contributed by atoms with Gasteiger partial charge in [-0.15, -0.1) is 0 Å². The van der Waals surface area contributed by atoms with Crippen molar-refractivity contribution in [2.75, 3.05) is 117 Å². The average molecular weight is 1020 g/mol. The number of esters is 1. The molecule has 5 atom stereocenters. The van der Waals surface area contributed by atoms with Crippen molar-refractivity contribution in [2.24, 2.45) is 5.41 Å². The molecule has 2 aliphatic heterocycles. The zero-order valence-corrected chi connectivity index (χ0v) is 41.9. The van der Waals surface area contributed by atoms with Gasteiger partial charge in [0, 0.05) is 36.7 Å². The molecule has 0 unspecified atom stereocenters. The number of anilines is 2. The predicted molar refractivity (Wildman–Crippen MR) is 256 cm³/mol. The first-order chi connectivity index (χ1) is 33.6. The van der Waals surface area contributed by atoms with Crippen molar-refractivity contribution in [3.63, 3.8) is 0 Å². The molecule has 5 rings (SSSR count). The van der Waals surface area contributed by atoms with Crippen LogP contribution in [0.25, 0.3) is 0 Å². The molecular weight excluding hydrogens is 960 g/mol. The van der Waals surface area contributed by atoms with Crippen LogP contribution in [-0.2, 0) is 62.4 Å². The summed E-state index contributed by atoms with van der Waals surface area (Å²) in [6, 6.07) is 11.8. The van der Waals surface area contributed by atoms with Gasteiger partial charge in [-0.05, 0) is 59.4 Å². The highest BCUT2D eigenvalue weighted by atomic mass is 35.5. The molecule has 70 heavy (non-hydrogen) atoms. The highest BCUT2D eigenvalue weighted by Crippen LogP contribution is 2.57. The second kappa shape index (κ2) is 27.8. The molecule has 2 aliphatic rings. The number of methoxy groups -OCH3 is 2. The van der Waals surface area contributed by atoms with E-state index in [0.29, 0.717) is 95.4 Å². The van der Waals surface area contributed by atoms with E-state index in [1.54, 1.807) is 31.4 Å². The molecule has 3 aromatic carbocycles. The fourth-order valence-corrected chi connectivity index (χ4v) is 8.58. The topological polar surface area (TPSA) is 206 Å². The Kier molecular flexibility index (Phi) is 22.3. The molecule has 1 spiro atoms. The second-order valence-corrected chi connectivity index (χ2v) is 18.2. The smallest absolute Gasteiger partial charge is 0.495 e. The van der Waals surface area contributed by atoms with Crippen molar-refractivity contribution in [3.05, 3.63) is 87.2 Å². The molecule has 3 aromatic rings. The summed E-state index contributed by atoms with van der Waals surface area (Å²) in [5.74, 6) is -3.69. The zero-order chi connectivity index (χ0) is 50.7. The van der Waals surface area contributed by atoms with Crippen molar-refractivity contribution in [1.29, 1.82) is 0 Å². The van der Waals surface area contributed by atoms with E-state index in [9.17, 15) is 19.2 Å². The first-order valence-electron chi connectivity index (χ1n) is 22.9. The van der Waals surface area contributed by atoms with Crippen LogP contribution >= 0.6 is 23.2 Å². The summed E-state index contributed by atoms with van der Waals surface area (Å²) in [6.45, 7) is 12.5. The number of rotatable bonds is 29. The molecule has 0 radical (unpaired) electrons. The van der Waals surface area contributed by atoms with Crippen LogP contribution in [0, 0.1) is 11.2 Å². The summed E-state index contributed by atoms with van der Waals surface area (Å²) >= 11 is 12.7. The van der Waals surface area contributed by atoms with Gasteiger partial charge < -0.3 is 68.1 Å². The summed E-state index contributed by atoms with van der Waals surface area (Å²) in [7, 11) is 2.96. The van der Waals surface area contributed by atoms with Gasteiger partial charge in [-0.1, -0.05) is 62.2 Å². The minimum Gasteiger partial charge on any atom is -0.495 e. The van der Waals surface area contributed by atoms with Gasteiger partial charge in [0.2, 0.25) is 18.1 Å². The van der Waals surface area contributed by atoms with Crippen LogP contribution in [0.15, 0.2) is 54.6 Å². The van der Waals surface area contributed by atoms with Crippen molar-refractivity contribution in [3.8, 4) is 5.75 Å². The zero-order valence-electron chi connectivity index (χ0n) is 40.4. The van der Waals surface area contributed by atoms with Gasteiger partial charge >= 0.3 is 12.1 Å². The lowest BCUT2D eigenvalue weighted by molar-refractivity contribution is -0.122. The molecule has 0 bridgehead atoms. The van der Waals surface area contributed by atoms with Crippen LogP contribution in [0.2, 0.25) is 10.0 Å². The van der Waals surface area contributed by atoms with Gasteiger partial charge in [0.15, 0.2) is 0 Å². The lowest BCUT2D eigenvalue weighted by Gasteiger charge is -2.37. The Hall–Kier alpha value is -4.67. The number of nitrogens with one attached hydrogen (secondary N) is 3. The molecule has 2 heterocycles. The Labute approximate surface area is 417 Å². The number of carbonyl (C=O) groups is 4. The van der Waals surface area contributed by atoms with Gasteiger partial charge in [-0.25, -0.2) is 14.0 Å². The lowest BCUT2D eigenvalue weighted by atomic mass is 9.62. The number of hydrogen-bond donors (Lipinski definition) is 3. The summed E-state index contributed by atoms with van der Waals surface area (Å²) in [4.78, 5) is 54.5. The number of carbonyl (C=O) groups excluding carboxylic acids is 4. The van der Waals surface area contributed by atoms with E-state index in [2.05, 4.69) is 16.0 Å². The summed E-state index contributed by atoms with van der Waals surface area (Å²) in [5, 5.41) is 9.46. The molecule has 18 nitrogen and oxygen atoms in total. The highest BCUT2D eigenvalue weighted by molar-refractivity contribution is 6.31. The molecule has 3 N–H and O–H groups in total. The van der Waals surface area contributed by atoms with E-state index in [4.69, 9.17) is 75.3 Å². The van der Waals surface area contributed by atoms with Crippen molar-refractivity contribution in [2.45, 2.75) is 63.8 Å². The Morgan fingerprint density at radius 3 is 1.93 bits per heavy atom. The molecule has 2 amide bonds. The van der Waals surface area contributed by atoms with Crippen molar-refractivity contribution < 1.29 is 75.7 Å². The van der Waals surface area contributed by atoms with E-state index in [1.807, 2.05) is 20.8 Å². The van der Waals surface area contributed by atoms with Crippen LogP contribution in [0.3, 0.4) is 0 Å². The quantitative estimate of drug-likeness (QED) is 0.0366. The number of halogens is 3. The van der Waals surface area contributed by atoms with Crippen molar-refractivity contribution >= 4 is 58.5 Å². The number of benzene rings is 3. The molecule has 0 aromatic heterocycles. The largest absolute Gasteiger partial charge is 0.511 e. The van der Waals surface area contributed by atoms with E-state index in [0.717, 1.165) is 0 Å². The van der Waals surface area contributed by atoms with Crippen LogP contribution in [0.1, 0.15) is 61.5 Å². The third-order valence-electron chi connectivity index (χ3n) is 11.2. The average Bonchev–Trinajstić information content (AvgIpc) is 3.79. The maximum absolute atomic E-state index is 16.2. The van der Waals surface area contributed by atoms with E-state index in [-0.39, 0.29) is 52.8 Å². The number of ether oxygens (including phenoxy) is 11. The SMILES string of the molecule is COCCOCCOCCOCCOCCOCCOCCOC(=O)O[C@H](C)OC(=O)c1ccc(NC(=O)[C@@H]2N[C@@H](CC(C)(C)C)[C@@]3(C(=O)Nc4cc(Cl)ccc43)[C@H]2c2cccc(Cl)c2F)c(OC)c1.